The van der Waals surface area contributed by atoms with E-state index in [1.54, 1.807) is 25.3 Å². The van der Waals surface area contributed by atoms with Crippen LogP contribution in [-0.2, 0) is 68.7 Å². The van der Waals surface area contributed by atoms with E-state index in [-0.39, 0.29) is 94.0 Å². The summed E-state index contributed by atoms with van der Waals surface area (Å²) in [6.45, 7) is 19.0. The minimum absolute atomic E-state index is 0. The van der Waals surface area contributed by atoms with Gasteiger partial charge in [0.25, 0.3) is 0 Å². The van der Waals surface area contributed by atoms with Crippen molar-refractivity contribution in [2.24, 2.45) is 99.7 Å². The molecule has 0 spiro atoms. The topological polar surface area (TPSA) is 460 Å². The Morgan fingerprint density at radius 1 is 0.736 bits per heavy atom. The van der Waals surface area contributed by atoms with Crippen molar-refractivity contribution in [3.8, 4) is 0 Å². The van der Waals surface area contributed by atoms with E-state index in [1.165, 1.54) is 13.3 Å². The molecule has 16 N–H and O–H groups in total. The molecule has 8 bridgehead atoms. The van der Waals surface area contributed by atoms with Crippen molar-refractivity contribution in [2.45, 2.75) is 183 Å². The third-order valence-corrected chi connectivity index (χ3v) is 21.3. The van der Waals surface area contributed by atoms with E-state index >= 15 is 0 Å². The Labute approximate surface area is 539 Å². The smallest absolute Gasteiger partial charge is 0.394 e. The van der Waals surface area contributed by atoms with Gasteiger partial charge in [-0.1, -0.05) is 34.6 Å². The van der Waals surface area contributed by atoms with Gasteiger partial charge in [-0.05, 0) is 108 Å². The van der Waals surface area contributed by atoms with Crippen LogP contribution in [0.5, 0.6) is 0 Å². The number of ether oxygens (including phenoxy) is 1. The molecule has 14 atom stereocenters. The Balaban J connectivity index is 0.0000118. The molecule has 91 heavy (non-hydrogen) atoms. The van der Waals surface area contributed by atoms with Crippen LogP contribution in [0, 0.1) is 59.2 Å². The second-order valence-electron chi connectivity index (χ2n) is 26.8. The molecule has 0 aliphatic carbocycles. The minimum Gasteiger partial charge on any atom is -0.394 e. The van der Waals surface area contributed by atoms with Crippen molar-refractivity contribution in [1.82, 2.24) is 14.9 Å². The first kappa shape index (κ1) is 71.8. The fourth-order valence-electron chi connectivity index (χ4n) is 15.0. The summed E-state index contributed by atoms with van der Waals surface area (Å²) in [6, 6.07) is 3.73. The van der Waals surface area contributed by atoms with Crippen LogP contribution < -0.4 is 39.7 Å². The number of carbonyl (C=O) groups excluding carboxylic acids is 7. The van der Waals surface area contributed by atoms with E-state index in [0.717, 1.165) is 11.1 Å². The molecular weight excluding hydrogens is 1240 g/mol. The zero-order valence-electron chi connectivity index (χ0n) is 53.5. The number of phosphoric ester groups is 1. The van der Waals surface area contributed by atoms with Gasteiger partial charge < -0.3 is 64.1 Å². The first-order valence-electron chi connectivity index (χ1n) is 30.4. The van der Waals surface area contributed by atoms with Crippen molar-refractivity contribution < 1.29 is 83.8 Å². The first-order chi connectivity index (χ1) is 41.8. The predicted octanol–water partition coefficient (Wildman–Crippen LogP) is 3.64. The molecule has 0 saturated carbocycles. The second kappa shape index (κ2) is 26.8. The van der Waals surface area contributed by atoms with Crippen LogP contribution in [0.15, 0.2) is 72.7 Å². The SMILES string of the molecule is C/C1=C2/N=C([C@H](CC(N)=O)[C@@]2(C)CCC(=O)NC[C@@H](C)OP(=O)(O)O[C@H]2[C@@H](O)[C@@H](n3cnc4cc(C)c(C)cc43)O[C@@H]2CO)[C@]2(C)N=C(/C(C)=C3N=C(/C=C4N=C1[C@@H](CCC(N)=O)C\4(C)C)[C@@H](CCC(N)=O)[C@]\3(C)CC(N)=O)[C@@H](CCC(N)=O)[C@]2(C)CC(N)=O.[Co]. The number of benzene rings is 1. The zero-order valence-corrected chi connectivity index (χ0v) is 55.4. The molecule has 1 aromatic carbocycles. The van der Waals surface area contributed by atoms with Crippen molar-refractivity contribution in [3.63, 3.8) is 0 Å². The molecule has 8 rings (SSSR count). The van der Waals surface area contributed by atoms with Crippen LogP contribution >= 0.6 is 7.82 Å². The molecule has 6 aliphatic heterocycles. The van der Waals surface area contributed by atoms with E-state index in [4.69, 9.17) is 68.2 Å². The van der Waals surface area contributed by atoms with Gasteiger partial charge in [-0.2, -0.15) is 0 Å². The van der Waals surface area contributed by atoms with Crippen LogP contribution in [-0.4, -0.2) is 132 Å². The summed E-state index contributed by atoms with van der Waals surface area (Å²) >= 11 is 0. The number of hydrogen-bond acceptors (Lipinski definition) is 18. The molecule has 6 aliphatic rings. The van der Waals surface area contributed by atoms with Crippen molar-refractivity contribution in [2.75, 3.05) is 13.2 Å². The largest absolute Gasteiger partial charge is 0.472 e. The summed E-state index contributed by atoms with van der Waals surface area (Å²) in [6.07, 6.45) is -4.63. The number of nitrogens with zero attached hydrogens (tertiary/aromatic N) is 6. The number of aliphatic hydroxyl groups is 2. The number of hydrogen-bond donors (Lipinski definition) is 10. The van der Waals surface area contributed by atoms with Crippen LogP contribution in [0.1, 0.15) is 150 Å². The van der Waals surface area contributed by atoms with Gasteiger partial charge in [0.2, 0.25) is 41.4 Å². The maximum Gasteiger partial charge on any atom is 0.472 e. The number of carbonyl (C=O) groups is 7. The van der Waals surface area contributed by atoms with Gasteiger partial charge >= 0.3 is 7.82 Å². The van der Waals surface area contributed by atoms with E-state index in [9.17, 15) is 53.2 Å². The molecule has 1 fully saturated rings. The molecule has 2 aromatic rings. The summed E-state index contributed by atoms with van der Waals surface area (Å²) < 4.78 is 32.2. The Hall–Kier alpha value is -6.62. The van der Waals surface area contributed by atoms with Gasteiger partial charge in [-0.15, -0.1) is 0 Å². The fourth-order valence-corrected chi connectivity index (χ4v) is 16.2. The number of phosphoric acid groups is 1. The molecule has 499 valence electrons. The zero-order chi connectivity index (χ0) is 66.7. The normalized spacial score (nSPS) is 33.1. The van der Waals surface area contributed by atoms with Crippen LogP contribution in [0.3, 0.4) is 0 Å². The third-order valence-electron chi connectivity index (χ3n) is 20.2. The Kier molecular flexibility index (Phi) is 21.1. The van der Waals surface area contributed by atoms with Gasteiger partial charge in [0.15, 0.2) is 6.23 Å². The maximum atomic E-state index is 14.4. The average molecular weight is 1330 g/mol. The number of primary amides is 6. The monoisotopic (exact) mass is 1330 g/mol. The number of rotatable bonds is 26. The molecule has 1 radical (unpaired) electrons. The van der Waals surface area contributed by atoms with E-state index in [1.807, 2.05) is 66.7 Å². The van der Waals surface area contributed by atoms with E-state index < -0.39 is 137 Å². The number of nitrogens with two attached hydrogens (primary N) is 6. The third kappa shape index (κ3) is 13.8. The predicted molar refractivity (Wildman–Crippen MR) is 334 cm³/mol. The molecular formula is C62H88CoN13O14P. The average Bonchev–Trinajstić information content (AvgIpc) is 1.53. The number of aliphatic hydroxyl groups excluding tert-OH is 2. The Morgan fingerprint density at radius 2 is 1.31 bits per heavy atom. The molecule has 7 amide bonds. The Bertz CT molecular complexity index is 3610. The molecule has 1 saturated heterocycles. The standard InChI is InChI=1S/C62H88N13O14P.Co/c1-29-20-39-40(21-30(29)2)75(28-70-39)57-52(84)53(41(27-76)87-57)89-90(85,86)88-31(3)26-69-49(83)18-19-59(8)37(22-46(66)80)56-62(11)61(10,25-48(68)82)36(14-17-45(65)79)51(74-62)33(5)55-60(9,24-47(67)81)34(12-15-43(63)77)38(71-55)23-42-58(6,7)35(13-16-44(64)78)50(72-42)32(4)54(59)73-56;/h20-21,23,28,31,34-37,41,52-53,57,76,84H,12-19,22,24-27H2,1-11H3,(H2,63,77)(H2,64,78)(H2,65,79)(H2,66,80)(H2,67,81)(H2,68,82)(H,69,83)(H,85,86);/b42-23-,54-32-,55-33-;/t31-,34-,35-,36-,37+,41-,52-,53-,57+,59-,60+,61+,62+;/m1./s1. The summed E-state index contributed by atoms with van der Waals surface area (Å²) in [5.74, 6) is -7.52. The van der Waals surface area contributed by atoms with Gasteiger partial charge in [0.1, 0.15) is 23.9 Å². The second-order valence-corrected chi connectivity index (χ2v) is 28.2. The van der Waals surface area contributed by atoms with E-state index in [2.05, 4.69) is 10.3 Å². The number of nitrogens with one attached hydrogen (secondary N) is 1. The van der Waals surface area contributed by atoms with Crippen molar-refractivity contribution in [1.29, 1.82) is 0 Å². The first-order valence-corrected chi connectivity index (χ1v) is 31.9. The summed E-state index contributed by atoms with van der Waals surface area (Å²) in [5.41, 5.74) is 36.8. The number of imidazole rings is 1. The number of fused-ring (bicyclic) bond motifs is 6. The van der Waals surface area contributed by atoms with Gasteiger partial charge in [-0.25, -0.2) is 9.55 Å². The van der Waals surface area contributed by atoms with Crippen LogP contribution in [0.4, 0.5) is 0 Å². The number of aliphatic imine (C=N–C) groups is 4. The van der Waals surface area contributed by atoms with Crippen LogP contribution in [0.2, 0.25) is 0 Å². The molecule has 1 aromatic heterocycles. The van der Waals surface area contributed by atoms with Gasteiger partial charge in [0, 0.05) is 136 Å². The summed E-state index contributed by atoms with van der Waals surface area (Å²) in [4.78, 5) is 131. The van der Waals surface area contributed by atoms with Gasteiger partial charge in [0.05, 0.1) is 47.2 Å². The summed E-state index contributed by atoms with van der Waals surface area (Å²) in [5, 5.41) is 24.6. The number of allylic oxidation sites excluding steroid dienone is 6. The number of amides is 7. The van der Waals surface area contributed by atoms with Gasteiger partial charge in [-0.3, -0.25) is 62.6 Å². The molecule has 27 nitrogen and oxygen atoms in total. The van der Waals surface area contributed by atoms with Crippen LogP contribution in [0.25, 0.3) is 11.0 Å². The quantitative estimate of drug-likeness (QED) is 0.0601. The Morgan fingerprint density at radius 3 is 1.89 bits per heavy atom. The minimum atomic E-state index is -5.07. The molecule has 7 heterocycles. The number of aromatic nitrogens is 2. The molecule has 1 unspecified atom stereocenters. The maximum absolute atomic E-state index is 14.4. The van der Waals surface area contributed by atoms with Crippen molar-refractivity contribution in [3.05, 3.63) is 63.9 Å². The molecule has 29 heteroatoms. The fraction of sp³-hybridized carbons (Fsp3) is 0.613. The van der Waals surface area contributed by atoms with E-state index in [0.29, 0.717) is 62.1 Å². The number of aryl methyl sites for hydroxylation is 2. The van der Waals surface area contributed by atoms with Crippen molar-refractivity contribution >= 4 is 83.1 Å². The summed E-state index contributed by atoms with van der Waals surface area (Å²) in [7, 11) is -5.07.